The average Bonchev–Trinajstić information content (AvgIpc) is 3.26. The van der Waals surface area contributed by atoms with Gasteiger partial charge in [0.1, 0.15) is 0 Å². The summed E-state index contributed by atoms with van der Waals surface area (Å²) in [6.45, 7) is 5.36. The zero-order chi connectivity index (χ0) is 16.6. The van der Waals surface area contributed by atoms with Crippen molar-refractivity contribution < 1.29 is 9.53 Å². The Kier molecular flexibility index (Phi) is 3.12. The lowest BCUT2D eigenvalue weighted by Crippen LogP contribution is -2.46. The zero-order valence-corrected chi connectivity index (χ0v) is 15.4. The standard InChI is InChI=1S/C18H25N3O2S/c1-18(2)5-4-12-15(18)19-16(24-12)20-17(22)21-8-10-6-9-7-11(10)13(21)14(9)23-3/h9-11,13-14H,4-8H2,1-3H3,(H,19,20,22). The lowest BCUT2D eigenvalue weighted by Gasteiger charge is -2.31. The van der Waals surface area contributed by atoms with Gasteiger partial charge in [0.25, 0.3) is 0 Å². The van der Waals surface area contributed by atoms with Gasteiger partial charge in [-0.05, 0) is 43.4 Å². The van der Waals surface area contributed by atoms with E-state index in [0.29, 0.717) is 17.8 Å². The number of nitrogens with one attached hydrogen (secondary N) is 1. The predicted molar refractivity (Wildman–Crippen MR) is 93.5 cm³/mol. The summed E-state index contributed by atoms with van der Waals surface area (Å²) >= 11 is 1.65. The summed E-state index contributed by atoms with van der Waals surface area (Å²) in [6, 6.07) is 0.282. The average molecular weight is 347 g/mol. The molecule has 24 heavy (non-hydrogen) atoms. The molecule has 5 nitrogen and oxygen atoms in total. The number of carbonyl (C=O) groups excluding carboxylic acids is 1. The number of aryl methyl sites for hydroxylation is 1. The van der Waals surface area contributed by atoms with E-state index in [1.807, 2.05) is 4.90 Å². The maximum atomic E-state index is 12.9. The first kappa shape index (κ1) is 15.1. The number of hydrogen-bond acceptors (Lipinski definition) is 4. The molecule has 1 aliphatic heterocycles. The summed E-state index contributed by atoms with van der Waals surface area (Å²) in [5, 5.41) is 3.85. The number of ether oxygens (including phenoxy) is 1. The molecule has 2 amide bonds. The summed E-state index contributed by atoms with van der Waals surface area (Å²) in [5.41, 5.74) is 1.32. The molecule has 6 heteroatoms. The van der Waals surface area contributed by atoms with E-state index in [4.69, 9.17) is 9.72 Å². The Labute approximate surface area is 146 Å². The monoisotopic (exact) mass is 347 g/mol. The van der Waals surface area contributed by atoms with Crippen molar-refractivity contribution in [1.29, 1.82) is 0 Å². The van der Waals surface area contributed by atoms with E-state index in [1.165, 1.54) is 23.4 Å². The zero-order valence-electron chi connectivity index (χ0n) is 14.5. The van der Waals surface area contributed by atoms with Crippen molar-refractivity contribution in [2.24, 2.45) is 17.8 Å². The number of urea groups is 1. The SMILES string of the molecule is COC1C2CC3CN(C(=O)Nc4nc5c(s4)CCC5(C)C)C1C3C2. The minimum absolute atomic E-state index is 0.0160. The topological polar surface area (TPSA) is 54.5 Å². The smallest absolute Gasteiger partial charge is 0.324 e. The van der Waals surface area contributed by atoms with Gasteiger partial charge in [-0.1, -0.05) is 13.8 Å². The van der Waals surface area contributed by atoms with Crippen molar-refractivity contribution in [2.45, 2.75) is 57.1 Å². The highest BCUT2D eigenvalue weighted by atomic mass is 32.1. The molecule has 1 aromatic rings. The Hall–Kier alpha value is -1.14. The second-order valence-corrected chi connectivity index (χ2v) is 9.69. The number of methoxy groups -OCH3 is 1. The maximum absolute atomic E-state index is 12.9. The number of thiazole rings is 1. The number of fused-ring (bicyclic) bond motifs is 2. The lowest BCUT2D eigenvalue weighted by molar-refractivity contribution is 0.0202. The molecule has 5 rings (SSSR count). The van der Waals surface area contributed by atoms with E-state index < -0.39 is 0 Å². The number of anilines is 1. The second kappa shape index (κ2) is 4.94. The third-order valence-corrected chi connectivity index (χ3v) is 7.91. The highest BCUT2D eigenvalue weighted by molar-refractivity contribution is 7.16. The van der Waals surface area contributed by atoms with Gasteiger partial charge in [-0.2, -0.15) is 0 Å². The van der Waals surface area contributed by atoms with Crippen molar-refractivity contribution in [1.82, 2.24) is 9.88 Å². The van der Waals surface area contributed by atoms with Crippen LogP contribution < -0.4 is 5.32 Å². The summed E-state index contributed by atoms with van der Waals surface area (Å²) in [5.74, 6) is 1.97. The summed E-state index contributed by atoms with van der Waals surface area (Å²) < 4.78 is 5.75. The van der Waals surface area contributed by atoms with Gasteiger partial charge in [-0.25, -0.2) is 9.78 Å². The van der Waals surface area contributed by atoms with Crippen LogP contribution in [0.2, 0.25) is 0 Å². The van der Waals surface area contributed by atoms with Crippen LogP contribution in [0.1, 0.15) is 43.7 Å². The van der Waals surface area contributed by atoms with Crippen molar-refractivity contribution in [3.05, 3.63) is 10.6 Å². The molecular formula is C18H25N3O2S. The molecule has 5 unspecified atom stereocenters. The summed E-state index contributed by atoms with van der Waals surface area (Å²) in [4.78, 5) is 21.0. The van der Waals surface area contributed by atoms with E-state index in [2.05, 4.69) is 19.2 Å². The number of aromatic nitrogens is 1. The molecule has 1 aromatic heterocycles. The fourth-order valence-electron chi connectivity index (χ4n) is 5.77. The van der Waals surface area contributed by atoms with Gasteiger partial charge >= 0.3 is 6.03 Å². The molecule has 1 saturated heterocycles. The Morgan fingerprint density at radius 1 is 1.38 bits per heavy atom. The van der Waals surface area contributed by atoms with E-state index >= 15 is 0 Å². The molecule has 0 aromatic carbocycles. The Morgan fingerprint density at radius 3 is 2.96 bits per heavy atom. The largest absolute Gasteiger partial charge is 0.379 e. The van der Waals surface area contributed by atoms with E-state index in [9.17, 15) is 4.79 Å². The van der Waals surface area contributed by atoms with Crippen LogP contribution in [0.3, 0.4) is 0 Å². The molecule has 2 saturated carbocycles. The Balaban J connectivity index is 1.35. The molecule has 2 heterocycles. The number of rotatable bonds is 2. The van der Waals surface area contributed by atoms with E-state index in [1.54, 1.807) is 18.4 Å². The highest BCUT2D eigenvalue weighted by Crippen LogP contribution is 2.55. The van der Waals surface area contributed by atoms with E-state index in [0.717, 1.165) is 24.5 Å². The minimum Gasteiger partial charge on any atom is -0.379 e. The van der Waals surface area contributed by atoms with Crippen LogP contribution in [0.25, 0.3) is 0 Å². The molecule has 5 atom stereocenters. The molecule has 130 valence electrons. The lowest BCUT2D eigenvalue weighted by atomic mass is 9.88. The van der Waals surface area contributed by atoms with Gasteiger partial charge in [-0.15, -0.1) is 11.3 Å². The van der Waals surface area contributed by atoms with Crippen molar-refractivity contribution in [3.8, 4) is 0 Å². The van der Waals surface area contributed by atoms with Crippen LogP contribution in [0.4, 0.5) is 9.93 Å². The van der Waals surface area contributed by atoms with Crippen LogP contribution >= 0.6 is 11.3 Å². The van der Waals surface area contributed by atoms with Gasteiger partial charge in [-0.3, -0.25) is 5.32 Å². The van der Waals surface area contributed by atoms with Crippen LogP contribution in [-0.4, -0.2) is 41.7 Å². The van der Waals surface area contributed by atoms with Crippen LogP contribution in [0.5, 0.6) is 0 Å². The molecular weight excluding hydrogens is 322 g/mol. The first-order valence-electron chi connectivity index (χ1n) is 9.08. The molecule has 0 spiro atoms. The molecule has 1 N–H and O–H groups in total. The second-order valence-electron chi connectivity index (χ2n) is 8.60. The molecule has 2 bridgehead atoms. The van der Waals surface area contributed by atoms with Gasteiger partial charge in [0.2, 0.25) is 0 Å². The van der Waals surface area contributed by atoms with E-state index in [-0.39, 0.29) is 23.6 Å². The van der Waals surface area contributed by atoms with Crippen LogP contribution in [-0.2, 0) is 16.6 Å². The Morgan fingerprint density at radius 2 is 2.21 bits per heavy atom. The first-order chi connectivity index (χ1) is 11.5. The van der Waals surface area contributed by atoms with Gasteiger partial charge < -0.3 is 9.64 Å². The van der Waals surface area contributed by atoms with Gasteiger partial charge in [0.05, 0.1) is 17.8 Å². The minimum atomic E-state index is 0.0160. The number of amides is 2. The third-order valence-electron chi connectivity index (χ3n) is 6.88. The fraction of sp³-hybridized carbons (Fsp3) is 0.778. The Bertz CT molecular complexity index is 698. The van der Waals surface area contributed by atoms with Crippen molar-refractivity contribution in [2.75, 3.05) is 19.0 Å². The van der Waals surface area contributed by atoms with Crippen molar-refractivity contribution >= 4 is 22.5 Å². The molecule has 0 radical (unpaired) electrons. The summed E-state index contributed by atoms with van der Waals surface area (Å²) in [6.07, 6.45) is 4.92. The van der Waals surface area contributed by atoms with Gasteiger partial charge in [0, 0.05) is 23.9 Å². The number of likely N-dealkylation sites (tertiary alicyclic amines) is 1. The van der Waals surface area contributed by atoms with Crippen molar-refractivity contribution in [3.63, 3.8) is 0 Å². The molecule has 3 fully saturated rings. The summed E-state index contributed by atoms with van der Waals surface area (Å²) in [7, 11) is 1.79. The van der Waals surface area contributed by atoms with Gasteiger partial charge in [0.15, 0.2) is 5.13 Å². The van der Waals surface area contributed by atoms with Crippen LogP contribution in [0.15, 0.2) is 0 Å². The first-order valence-corrected chi connectivity index (χ1v) is 9.90. The highest BCUT2D eigenvalue weighted by Gasteiger charge is 2.60. The fourth-order valence-corrected chi connectivity index (χ4v) is 6.90. The number of nitrogens with zero attached hydrogens (tertiary/aromatic N) is 2. The number of hydrogen-bond donors (Lipinski definition) is 1. The normalized spacial score (nSPS) is 38.0. The molecule has 3 aliphatic carbocycles. The quantitative estimate of drug-likeness (QED) is 0.893. The predicted octanol–water partition coefficient (Wildman–Crippen LogP) is 3.25. The van der Waals surface area contributed by atoms with Crippen LogP contribution in [0, 0.1) is 17.8 Å². The molecule has 4 aliphatic rings. The third kappa shape index (κ3) is 1.96. The maximum Gasteiger partial charge on any atom is 0.324 e. The number of carbonyl (C=O) groups is 1.